The molecule has 2 aromatic carbocycles. The van der Waals surface area contributed by atoms with Crippen LogP contribution in [-0.4, -0.2) is 30.6 Å². The van der Waals surface area contributed by atoms with Crippen LogP contribution in [0, 0.1) is 0 Å². The molecule has 31 heavy (non-hydrogen) atoms. The number of benzene rings is 2. The second-order valence-electron chi connectivity index (χ2n) is 7.88. The molecule has 0 fully saturated rings. The Morgan fingerprint density at radius 1 is 1.00 bits per heavy atom. The Morgan fingerprint density at radius 3 is 2.42 bits per heavy atom. The topological polar surface area (TPSA) is 111 Å². The molecule has 4 N–H and O–H groups in total. The minimum absolute atomic E-state index is 0.206. The number of ether oxygens (including phenoxy) is 1. The van der Waals surface area contributed by atoms with Crippen molar-refractivity contribution < 1.29 is 19.1 Å². The lowest BCUT2D eigenvalue weighted by atomic mass is 9.89. The lowest BCUT2D eigenvalue weighted by molar-refractivity contribution is -0.150. The first-order valence-electron chi connectivity index (χ1n) is 10.6. The molecule has 1 aliphatic rings. The van der Waals surface area contributed by atoms with Gasteiger partial charge in [0.15, 0.2) is 6.61 Å². The zero-order chi connectivity index (χ0) is 22.2. The first kappa shape index (κ1) is 22.3. The van der Waals surface area contributed by atoms with Gasteiger partial charge in [0.05, 0.1) is 6.04 Å². The quantitative estimate of drug-likeness (QED) is 0.567. The highest BCUT2D eigenvalue weighted by Gasteiger charge is 2.23. The van der Waals surface area contributed by atoms with Crippen molar-refractivity contribution in [3.05, 3.63) is 70.8 Å². The van der Waals surface area contributed by atoms with Gasteiger partial charge in [0.2, 0.25) is 0 Å². The van der Waals surface area contributed by atoms with Crippen molar-refractivity contribution >= 4 is 17.9 Å². The average Bonchev–Trinajstić information content (AvgIpc) is 2.77. The monoisotopic (exact) mass is 423 g/mol. The second kappa shape index (κ2) is 10.6. The van der Waals surface area contributed by atoms with Crippen molar-refractivity contribution in [1.29, 1.82) is 0 Å². The summed E-state index contributed by atoms with van der Waals surface area (Å²) in [5, 5.41) is 5.24. The van der Waals surface area contributed by atoms with Gasteiger partial charge in [-0.1, -0.05) is 48.5 Å². The molecule has 0 saturated heterocycles. The van der Waals surface area contributed by atoms with E-state index < -0.39 is 30.6 Å². The van der Waals surface area contributed by atoms with Gasteiger partial charge in [-0.2, -0.15) is 0 Å². The number of primary amides is 1. The van der Waals surface area contributed by atoms with Gasteiger partial charge in [0, 0.05) is 6.42 Å². The zero-order valence-electron chi connectivity index (χ0n) is 17.7. The molecule has 2 atom stereocenters. The molecule has 0 radical (unpaired) electrons. The van der Waals surface area contributed by atoms with Gasteiger partial charge in [-0.15, -0.1) is 0 Å². The van der Waals surface area contributed by atoms with Crippen LogP contribution < -0.4 is 16.4 Å². The predicted molar refractivity (Wildman–Crippen MR) is 117 cm³/mol. The Labute approximate surface area is 182 Å². The number of hydrogen-bond acceptors (Lipinski definition) is 4. The van der Waals surface area contributed by atoms with Crippen LogP contribution in [0.3, 0.4) is 0 Å². The van der Waals surface area contributed by atoms with Crippen LogP contribution in [0.25, 0.3) is 0 Å². The number of fused-ring (bicyclic) bond motifs is 1. The maximum atomic E-state index is 12.4. The molecular weight excluding hydrogens is 394 g/mol. The molecule has 0 heterocycles. The Kier molecular flexibility index (Phi) is 7.65. The number of carbonyl (C=O) groups is 3. The van der Waals surface area contributed by atoms with Crippen molar-refractivity contribution in [1.82, 2.24) is 10.6 Å². The van der Waals surface area contributed by atoms with Crippen LogP contribution in [0.4, 0.5) is 4.79 Å². The van der Waals surface area contributed by atoms with Gasteiger partial charge < -0.3 is 21.1 Å². The minimum Gasteiger partial charge on any atom is -0.454 e. The smallest absolute Gasteiger partial charge is 0.329 e. The van der Waals surface area contributed by atoms with Crippen LogP contribution in [0.1, 0.15) is 48.1 Å². The van der Waals surface area contributed by atoms with Gasteiger partial charge in [-0.05, 0) is 54.9 Å². The van der Waals surface area contributed by atoms with E-state index in [-0.39, 0.29) is 12.5 Å². The Balaban J connectivity index is 1.53. The molecule has 0 unspecified atom stereocenters. The SMILES string of the molecule is C[C@@H](NC(=O)COC(=O)[C@H](Cc1ccccc1)NC(N)=O)c1ccc2c(c1)CCCC2. The highest BCUT2D eigenvalue weighted by atomic mass is 16.5. The fourth-order valence-corrected chi connectivity index (χ4v) is 3.84. The van der Waals surface area contributed by atoms with E-state index in [4.69, 9.17) is 10.5 Å². The van der Waals surface area contributed by atoms with E-state index >= 15 is 0 Å². The second-order valence-corrected chi connectivity index (χ2v) is 7.88. The largest absolute Gasteiger partial charge is 0.454 e. The number of rotatable bonds is 8. The van der Waals surface area contributed by atoms with Crippen molar-refractivity contribution in [3.63, 3.8) is 0 Å². The van der Waals surface area contributed by atoms with Gasteiger partial charge in [0.25, 0.3) is 5.91 Å². The average molecular weight is 424 g/mol. The molecule has 1 aliphatic carbocycles. The highest BCUT2D eigenvalue weighted by molar-refractivity contribution is 5.85. The minimum atomic E-state index is -0.967. The Hall–Kier alpha value is -3.35. The number of amides is 3. The van der Waals surface area contributed by atoms with Crippen molar-refractivity contribution in [2.75, 3.05) is 6.61 Å². The molecule has 0 saturated carbocycles. The molecule has 164 valence electrons. The van der Waals surface area contributed by atoms with E-state index in [0.29, 0.717) is 0 Å². The molecule has 2 aromatic rings. The summed E-state index contributed by atoms with van der Waals surface area (Å²) in [6.45, 7) is 1.47. The first-order valence-corrected chi connectivity index (χ1v) is 10.6. The third kappa shape index (κ3) is 6.57. The van der Waals surface area contributed by atoms with E-state index in [1.165, 1.54) is 24.0 Å². The number of nitrogens with one attached hydrogen (secondary N) is 2. The van der Waals surface area contributed by atoms with Gasteiger partial charge in [0.1, 0.15) is 6.04 Å². The summed E-state index contributed by atoms with van der Waals surface area (Å²) in [4.78, 5) is 36.0. The molecule has 3 amide bonds. The number of nitrogens with two attached hydrogens (primary N) is 1. The summed E-state index contributed by atoms with van der Waals surface area (Å²) in [5.74, 6) is -1.12. The molecule has 0 bridgehead atoms. The zero-order valence-corrected chi connectivity index (χ0v) is 17.7. The fourth-order valence-electron chi connectivity index (χ4n) is 3.84. The van der Waals surface area contributed by atoms with Crippen LogP contribution in [0.15, 0.2) is 48.5 Å². The maximum Gasteiger partial charge on any atom is 0.329 e. The number of urea groups is 1. The summed E-state index contributed by atoms with van der Waals surface area (Å²) in [6, 6.07) is 13.5. The van der Waals surface area contributed by atoms with Gasteiger partial charge in [-0.3, -0.25) is 4.79 Å². The van der Waals surface area contributed by atoms with E-state index in [0.717, 1.165) is 24.0 Å². The third-order valence-corrected chi connectivity index (χ3v) is 5.48. The molecule has 7 nitrogen and oxygen atoms in total. The molecular formula is C24H29N3O4. The summed E-state index contributed by atoms with van der Waals surface area (Å²) in [5.41, 5.74) is 9.77. The summed E-state index contributed by atoms with van der Waals surface area (Å²) < 4.78 is 5.15. The highest BCUT2D eigenvalue weighted by Crippen LogP contribution is 2.24. The van der Waals surface area contributed by atoms with Crippen LogP contribution in [0.5, 0.6) is 0 Å². The molecule has 3 rings (SSSR count). The summed E-state index contributed by atoms with van der Waals surface area (Å²) >= 11 is 0. The normalized spacial score (nSPS) is 14.6. The standard InChI is InChI=1S/C24H29N3O4/c1-16(19-12-11-18-9-5-6-10-20(18)14-19)26-22(28)15-31-23(29)21(27-24(25)30)13-17-7-3-2-4-8-17/h2-4,7-8,11-12,14,16,21H,5-6,9-10,13,15H2,1H3,(H,26,28)(H3,25,27,30)/t16-,21+/m1/s1. The number of carbonyl (C=O) groups excluding carboxylic acids is 3. The maximum absolute atomic E-state index is 12.4. The Bertz CT molecular complexity index is 930. The molecule has 0 aliphatic heterocycles. The molecule has 0 aromatic heterocycles. The van der Waals surface area contributed by atoms with Crippen LogP contribution >= 0.6 is 0 Å². The Morgan fingerprint density at radius 2 is 1.71 bits per heavy atom. The predicted octanol–water partition coefficient (Wildman–Crippen LogP) is 2.57. The number of hydrogen-bond donors (Lipinski definition) is 3. The van der Waals surface area contributed by atoms with E-state index in [1.54, 1.807) is 0 Å². The lowest BCUT2D eigenvalue weighted by Crippen LogP contribution is -2.46. The van der Waals surface area contributed by atoms with Crippen molar-refractivity contribution in [2.24, 2.45) is 5.73 Å². The van der Waals surface area contributed by atoms with Crippen molar-refractivity contribution in [3.8, 4) is 0 Å². The first-order chi connectivity index (χ1) is 14.9. The van der Waals surface area contributed by atoms with Crippen molar-refractivity contribution in [2.45, 2.75) is 51.1 Å². The summed E-state index contributed by atoms with van der Waals surface area (Å²) in [7, 11) is 0. The summed E-state index contributed by atoms with van der Waals surface area (Å²) in [6.07, 6.45) is 4.80. The number of aryl methyl sites for hydroxylation is 2. The van der Waals surface area contributed by atoms with Gasteiger partial charge >= 0.3 is 12.0 Å². The van der Waals surface area contributed by atoms with Crippen LogP contribution in [-0.2, 0) is 33.6 Å². The molecule has 7 heteroatoms. The fraction of sp³-hybridized carbons (Fsp3) is 0.375. The van der Waals surface area contributed by atoms with E-state index in [1.807, 2.05) is 43.3 Å². The molecule has 0 spiro atoms. The van der Waals surface area contributed by atoms with E-state index in [9.17, 15) is 14.4 Å². The lowest BCUT2D eigenvalue weighted by Gasteiger charge is -2.20. The van der Waals surface area contributed by atoms with E-state index in [2.05, 4.69) is 22.8 Å². The third-order valence-electron chi connectivity index (χ3n) is 5.48. The van der Waals surface area contributed by atoms with Crippen LogP contribution in [0.2, 0.25) is 0 Å². The number of esters is 1. The van der Waals surface area contributed by atoms with Gasteiger partial charge in [-0.25, -0.2) is 9.59 Å².